The minimum atomic E-state index is 0.579. The van der Waals surface area contributed by atoms with Gasteiger partial charge >= 0.3 is 0 Å². The molecule has 0 amide bonds. The number of nitrogens with one attached hydrogen (secondary N) is 2. The Bertz CT molecular complexity index is 61.9. The zero-order valence-corrected chi connectivity index (χ0v) is 6.86. The van der Waals surface area contributed by atoms with Crippen LogP contribution in [0.5, 0.6) is 0 Å². The zero-order chi connectivity index (χ0) is 7.28. The smallest absolute Gasteiger partial charge is 0.0166 e. The number of hydrogen-bond donors (Lipinski definition) is 2. The minimum absolute atomic E-state index is 0.579. The van der Waals surface area contributed by atoms with Crippen LogP contribution in [0.3, 0.4) is 0 Å². The lowest BCUT2D eigenvalue weighted by Gasteiger charge is -2.15. The molecule has 0 aromatic rings. The summed E-state index contributed by atoms with van der Waals surface area (Å²) < 4.78 is 0. The van der Waals surface area contributed by atoms with Gasteiger partial charge < -0.3 is 10.6 Å². The lowest BCUT2D eigenvalue weighted by molar-refractivity contribution is 0.474. The second kappa shape index (κ2) is 4.77. The van der Waals surface area contributed by atoms with E-state index in [0.29, 0.717) is 12.1 Å². The molecular formula is C7H18N2. The fourth-order valence-electron chi connectivity index (χ4n) is 0.934. The maximum atomic E-state index is 3.38. The molecule has 2 heteroatoms. The normalized spacial score (nSPS) is 14.3. The monoisotopic (exact) mass is 130 g/mol. The maximum absolute atomic E-state index is 3.38. The largest absolute Gasteiger partial charge is 0.318 e. The van der Waals surface area contributed by atoms with Crippen LogP contribution in [-0.4, -0.2) is 25.7 Å². The van der Waals surface area contributed by atoms with Gasteiger partial charge in [0.2, 0.25) is 0 Å². The second-order valence-corrected chi connectivity index (χ2v) is 2.78. The van der Waals surface area contributed by atoms with Crippen molar-refractivity contribution in [3.05, 3.63) is 0 Å². The molecule has 9 heavy (non-hydrogen) atoms. The summed E-state index contributed by atoms with van der Waals surface area (Å²) in [7, 11) is 1.97. The molecule has 0 aromatic carbocycles. The molecule has 56 valence electrons. The molecular weight excluding hydrogens is 112 g/mol. The Kier molecular flexibility index (Phi) is 4.72. The molecule has 0 aromatic heterocycles. The molecule has 0 unspecified atom stereocenters. The SMILES string of the molecule is CNC[C@H](C)NC(C)C. The van der Waals surface area contributed by atoms with Gasteiger partial charge in [0.1, 0.15) is 0 Å². The zero-order valence-electron chi connectivity index (χ0n) is 6.86. The van der Waals surface area contributed by atoms with Crippen molar-refractivity contribution in [3.63, 3.8) is 0 Å². The third-order valence-electron chi connectivity index (χ3n) is 1.13. The van der Waals surface area contributed by atoms with E-state index < -0.39 is 0 Å². The molecule has 0 fully saturated rings. The highest BCUT2D eigenvalue weighted by atomic mass is 15.0. The van der Waals surface area contributed by atoms with Crippen LogP contribution in [0.4, 0.5) is 0 Å². The minimum Gasteiger partial charge on any atom is -0.318 e. The van der Waals surface area contributed by atoms with E-state index in [4.69, 9.17) is 0 Å². The topological polar surface area (TPSA) is 24.1 Å². The first kappa shape index (κ1) is 8.92. The lowest BCUT2D eigenvalue weighted by Crippen LogP contribution is -2.38. The van der Waals surface area contributed by atoms with E-state index >= 15 is 0 Å². The van der Waals surface area contributed by atoms with Crippen molar-refractivity contribution < 1.29 is 0 Å². The number of hydrogen-bond acceptors (Lipinski definition) is 2. The van der Waals surface area contributed by atoms with Gasteiger partial charge in [0.15, 0.2) is 0 Å². The Labute approximate surface area is 58.0 Å². The molecule has 0 bridgehead atoms. The molecule has 0 saturated carbocycles. The van der Waals surface area contributed by atoms with E-state index in [9.17, 15) is 0 Å². The van der Waals surface area contributed by atoms with Gasteiger partial charge in [0, 0.05) is 18.6 Å². The van der Waals surface area contributed by atoms with Crippen molar-refractivity contribution in [2.75, 3.05) is 13.6 Å². The molecule has 0 rings (SSSR count). The predicted molar refractivity (Wildman–Crippen MR) is 41.7 cm³/mol. The van der Waals surface area contributed by atoms with E-state index in [1.807, 2.05) is 7.05 Å². The van der Waals surface area contributed by atoms with Crippen molar-refractivity contribution in [3.8, 4) is 0 Å². The Morgan fingerprint density at radius 3 is 2.11 bits per heavy atom. The van der Waals surface area contributed by atoms with Crippen LogP contribution in [0.2, 0.25) is 0 Å². The van der Waals surface area contributed by atoms with Gasteiger partial charge in [-0.05, 0) is 14.0 Å². The average Bonchev–Trinajstić information content (AvgIpc) is 1.63. The summed E-state index contributed by atoms with van der Waals surface area (Å²) in [4.78, 5) is 0. The Morgan fingerprint density at radius 2 is 1.78 bits per heavy atom. The summed E-state index contributed by atoms with van der Waals surface area (Å²) in [5.74, 6) is 0. The van der Waals surface area contributed by atoms with E-state index in [1.54, 1.807) is 0 Å². The summed E-state index contributed by atoms with van der Waals surface area (Å²) in [6.07, 6.45) is 0. The van der Waals surface area contributed by atoms with Crippen molar-refractivity contribution in [2.24, 2.45) is 0 Å². The van der Waals surface area contributed by atoms with E-state index in [1.165, 1.54) is 0 Å². The van der Waals surface area contributed by atoms with Gasteiger partial charge in [-0.2, -0.15) is 0 Å². The van der Waals surface area contributed by atoms with Crippen molar-refractivity contribution in [2.45, 2.75) is 32.9 Å². The molecule has 2 N–H and O–H groups in total. The highest BCUT2D eigenvalue weighted by Crippen LogP contribution is 1.82. The molecule has 0 aliphatic carbocycles. The molecule has 0 radical (unpaired) electrons. The first-order valence-corrected chi connectivity index (χ1v) is 3.57. The Morgan fingerprint density at radius 1 is 1.22 bits per heavy atom. The van der Waals surface area contributed by atoms with Crippen LogP contribution in [0.15, 0.2) is 0 Å². The lowest BCUT2D eigenvalue weighted by atomic mass is 10.3. The summed E-state index contributed by atoms with van der Waals surface area (Å²) in [5, 5.41) is 6.49. The van der Waals surface area contributed by atoms with Crippen LogP contribution >= 0.6 is 0 Å². The molecule has 0 aliphatic rings. The van der Waals surface area contributed by atoms with Crippen molar-refractivity contribution in [1.29, 1.82) is 0 Å². The first-order valence-electron chi connectivity index (χ1n) is 3.57. The standard InChI is InChI=1S/C7H18N2/c1-6(2)9-7(3)5-8-4/h6-9H,5H2,1-4H3/t7-/m0/s1. The van der Waals surface area contributed by atoms with Gasteiger partial charge in [-0.25, -0.2) is 0 Å². The van der Waals surface area contributed by atoms with Crippen LogP contribution in [0, 0.1) is 0 Å². The first-order chi connectivity index (χ1) is 4.16. The van der Waals surface area contributed by atoms with E-state index in [2.05, 4.69) is 31.4 Å². The summed E-state index contributed by atoms with van der Waals surface area (Å²) in [5.41, 5.74) is 0. The highest BCUT2D eigenvalue weighted by molar-refractivity contribution is 4.64. The highest BCUT2D eigenvalue weighted by Gasteiger charge is 1.99. The van der Waals surface area contributed by atoms with Crippen LogP contribution in [-0.2, 0) is 0 Å². The quantitative estimate of drug-likeness (QED) is 0.582. The number of rotatable bonds is 4. The van der Waals surface area contributed by atoms with Gasteiger partial charge in [0.25, 0.3) is 0 Å². The van der Waals surface area contributed by atoms with E-state index in [-0.39, 0.29) is 0 Å². The number of likely N-dealkylation sites (N-methyl/N-ethyl adjacent to an activating group) is 1. The average molecular weight is 130 g/mol. The van der Waals surface area contributed by atoms with Gasteiger partial charge in [-0.3, -0.25) is 0 Å². The Hall–Kier alpha value is -0.0800. The molecule has 0 spiro atoms. The molecule has 0 heterocycles. The van der Waals surface area contributed by atoms with Crippen LogP contribution < -0.4 is 10.6 Å². The molecule has 0 aliphatic heterocycles. The molecule has 0 saturated heterocycles. The third-order valence-corrected chi connectivity index (χ3v) is 1.13. The van der Waals surface area contributed by atoms with Crippen molar-refractivity contribution >= 4 is 0 Å². The van der Waals surface area contributed by atoms with Gasteiger partial charge in [0.05, 0.1) is 0 Å². The fraction of sp³-hybridized carbons (Fsp3) is 1.00. The predicted octanol–water partition coefficient (Wildman–Crippen LogP) is 0.592. The summed E-state index contributed by atoms with van der Waals surface area (Å²) in [6, 6.07) is 1.17. The summed E-state index contributed by atoms with van der Waals surface area (Å²) in [6.45, 7) is 7.53. The third kappa shape index (κ3) is 5.80. The van der Waals surface area contributed by atoms with Crippen LogP contribution in [0.25, 0.3) is 0 Å². The molecule has 1 atom stereocenters. The molecule has 2 nitrogen and oxygen atoms in total. The summed E-state index contributed by atoms with van der Waals surface area (Å²) >= 11 is 0. The van der Waals surface area contributed by atoms with Crippen molar-refractivity contribution in [1.82, 2.24) is 10.6 Å². The van der Waals surface area contributed by atoms with E-state index in [0.717, 1.165) is 6.54 Å². The second-order valence-electron chi connectivity index (χ2n) is 2.78. The maximum Gasteiger partial charge on any atom is 0.0166 e. The Balaban J connectivity index is 3.15. The van der Waals surface area contributed by atoms with Gasteiger partial charge in [-0.15, -0.1) is 0 Å². The fourth-order valence-corrected chi connectivity index (χ4v) is 0.934. The van der Waals surface area contributed by atoms with Crippen LogP contribution in [0.1, 0.15) is 20.8 Å². The van der Waals surface area contributed by atoms with Gasteiger partial charge in [-0.1, -0.05) is 13.8 Å².